The van der Waals surface area contributed by atoms with Crippen LogP contribution in [-0.2, 0) is 16.0 Å². The zero-order valence-electron chi connectivity index (χ0n) is 15.5. The van der Waals surface area contributed by atoms with Crippen molar-refractivity contribution in [2.24, 2.45) is 0 Å². The third-order valence-corrected chi connectivity index (χ3v) is 5.99. The van der Waals surface area contributed by atoms with E-state index in [9.17, 15) is 13.6 Å². The van der Waals surface area contributed by atoms with Crippen molar-refractivity contribution in [2.45, 2.75) is 44.6 Å². The molecule has 5 nitrogen and oxygen atoms in total. The van der Waals surface area contributed by atoms with E-state index in [0.717, 1.165) is 37.4 Å². The molecule has 2 aromatic heterocycles. The molecule has 0 saturated heterocycles. The van der Waals surface area contributed by atoms with Gasteiger partial charge in [-0.25, -0.2) is 13.8 Å². The highest BCUT2D eigenvalue weighted by molar-refractivity contribution is 7.15. The van der Waals surface area contributed by atoms with Gasteiger partial charge in [-0.2, -0.15) is 0 Å². The normalized spacial score (nSPS) is 15.1. The van der Waals surface area contributed by atoms with Crippen LogP contribution in [-0.4, -0.2) is 28.5 Å². The highest BCUT2D eigenvalue weighted by Crippen LogP contribution is 2.36. The van der Waals surface area contributed by atoms with Gasteiger partial charge in [-0.1, -0.05) is 19.3 Å². The largest absolute Gasteiger partial charge is 0.469 e. The van der Waals surface area contributed by atoms with E-state index in [1.165, 1.54) is 37.0 Å². The van der Waals surface area contributed by atoms with Crippen molar-refractivity contribution in [1.29, 1.82) is 0 Å². The molecule has 28 heavy (non-hydrogen) atoms. The molecule has 0 atom stereocenters. The van der Waals surface area contributed by atoms with E-state index in [-0.39, 0.29) is 24.0 Å². The summed E-state index contributed by atoms with van der Waals surface area (Å²) in [5.74, 6) is -0.999. The first-order valence-electron chi connectivity index (χ1n) is 9.34. The van der Waals surface area contributed by atoms with Gasteiger partial charge >= 0.3 is 5.97 Å². The Labute approximate surface area is 165 Å². The van der Waals surface area contributed by atoms with Crippen molar-refractivity contribution in [1.82, 2.24) is 9.38 Å². The Kier molecular flexibility index (Phi) is 5.30. The summed E-state index contributed by atoms with van der Waals surface area (Å²) >= 11 is 1.37. The van der Waals surface area contributed by atoms with Crippen molar-refractivity contribution >= 4 is 28.1 Å². The zero-order chi connectivity index (χ0) is 19.7. The molecule has 4 rings (SSSR count). The van der Waals surface area contributed by atoms with Gasteiger partial charge in [0.25, 0.3) is 0 Å². The van der Waals surface area contributed by atoms with Crippen LogP contribution >= 0.6 is 11.3 Å². The van der Waals surface area contributed by atoms with Crippen LogP contribution in [0.5, 0.6) is 0 Å². The number of methoxy groups -OCH3 is 1. The predicted octanol–water partition coefficient (Wildman–Crippen LogP) is 4.80. The lowest BCUT2D eigenvalue weighted by Gasteiger charge is -2.24. The Morgan fingerprint density at radius 3 is 2.82 bits per heavy atom. The molecule has 3 aromatic rings. The second-order valence-electron chi connectivity index (χ2n) is 7.01. The van der Waals surface area contributed by atoms with Crippen LogP contribution in [0.4, 0.5) is 14.6 Å². The maximum absolute atomic E-state index is 14.5. The van der Waals surface area contributed by atoms with Gasteiger partial charge in [-0.15, -0.1) is 11.3 Å². The molecular weight excluding hydrogens is 384 g/mol. The van der Waals surface area contributed by atoms with E-state index in [1.807, 2.05) is 9.78 Å². The van der Waals surface area contributed by atoms with Crippen molar-refractivity contribution in [2.75, 3.05) is 12.4 Å². The molecule has 0 spiro atoms. The second-order valence-corrected chi connectivity index (χ2v) is 7.85. The minimum absolute atomic E-state index is 0.0948. The maximum atomic E-state index is 14.5. The van der Waals surface area contributed by atoms with Crippen LogP contribution in [0.15, 0.2) is 23.6 Å². The SMILES string of the molecule is COC(=O)Cc1csc2nc(-c3ccc(F)cc3F)c(NC3CCCCC3)n12. The molecule has 148 valence electrons. The first-order chi connectivity index (χ1) is 13.6. The third-order valence-electron chi connectivity index (χ3n) is 5.12. The molecular formula is C20H21F2N3O2S. The molecule has 0 bridgehead atoms. The van der Waals surface area contributed by atoms with E-state index in [1.54, 1.807) is 0 Å². The van der Waals surface area contributed by atoms with Gasteiger partial charge in [0.2, 0.25) is 0 Å². The lowest BCUT2D eigenvalue weighted by Crippen LogP contribution is -2.23. The van der Waals surface area contributed by atoms with Crippen molar-refractivity contribution in [3.05, 3.63) is 40.9 Å². The summed E-state index contributed by atoms with van der Waals surface area (Å²) in [6, 6.07) is 3.75. The van der Waals surface area contributed by atoms with E-state index in [0.29, 0.717) is 16.5 Å². The van der Waals surface area contributed by atoms with Crippen LogP contribution < -0.4 is 5.32 Å². The fourth-order valence-corrected chi connectivity index (χ4v) is 4.59. The number of benzene rings is 1. The number of nitrogens with one attached hydrogen (secondary N) is 1. The summed E-state index contributed by atoms with van der Waals surface area (Å²) in [7, 11) is 1.35. The summed E-state index contributed by atoms with van der Waals surface area (Å²) in [4.78, 5) is 17.1. The number of hydrogen-bond acceptors (Lipinski definition) is 5. The third kappa shape index (κ3) is 3.61. The van der Waals surface area contributed by atoms with E-state index in [4.69, 9.17) is 4.74 Å². The Hall–Kier alpha value is -2.48. The average Bonchev–Trinajstić information content (AvgIpc) is 3.23. The molecule has 1 N–H and O–H groups in total. The van der Waals surface area contributed by atoms with Crippen molar-refractivity contribution < 1.29 is 18.3 Å². The van der Waals surface area contributed by atoms with Gasteiger partial charge in [0, 0.05) is 28.7 Å². The van der Waals surface area contributed by atoms with Crippen LogP contribution in [0.1, 0.15) is 37.8 Å². The number of ether oxygens (including phenoxy) is 1. The first kappa shape index (κ1) is 18.9. The summed E-state index contributed by atoms with van der Waals surface area (Å²) in [6.45, 7) is 0. The maximum Gasteiger partial charge on any atom is 0.311 e. The van der Waals surface area contributed by atoms with Gasteiger partial charge < -0.3 is 10.1 Å². The number of rotatable bonds is 5. The van der Waals surface area contributed by atoms with Crippen molar-refractivity contribution in [3.63, 3.8) is 0 Å². The van der Waals surface area contributed by atoms with Gasteiger partial charge in [0.1, 0.15) is 23.1 Å². The second kappa shape index (κ2) is 7.87. The molecule has 1 saturated carbocycles. The Morgan fingerprint density at radius 1 is 1.32 bits per heavy atom. The number of esters is 1. The van der Waals surface area contributed by atoms with Crippen LogP contribution in [0, 0.1) is 11.6 Å². The molecule has 1 aromatic carbocycles. The first-order valence-corrected chi connectivity index (χ1v) is 10.2. The quantitative estimate of drug-likeness (QED) is 0.620. The topological polar surface area (TPSA) is 55.6 Å². The molecule has 8 heteroatoms. The summed E-state index contributed by atoms with van der Waals surface area (Å²) < 4.78 is 34.6. The van der Waals surface area contributed by atoms with Crippen LogP contribution in [0.2, 0.25) is 0 Å². The fraction of sp³-hybridized carbons (Fsp3) is 0.400. The number of carbonyl (C=O) groups excluding carboxylic acids is 1. The number of anilines is 1. The van der Waals surface area contributed by atoms with Gasteiger partial charge in [-0.3, -0.25) is 9.20 Å². The zero-order valence-corrected chi connectivity index (χ0v) is 16.3. The highest BCUT2D eigenvalue weighted by atomic mass is 32.1. The molecule has 0 amide bonds. The minimum Gasteiger partial charge on any atom is -0.469 e. The lowest BCUT2D eigenvalue weighted by atomic mass is 9.95. The van der Waals surface area contributed by atoms with Crippen LogP contribution in [0.25, 0.3) is 16.2 Å². The van der Waals surface area contributed by atoms with E-state index >= 15 is 0 Å². The fourth-order valence-electron chi connectivity index (χ4n) is 3.70. The number of nitrogens with zero attached hydrogens (tertiary/aromatic N) is 2. The molecule has 1 aliphatic carbocycles. The number of carbonyl (C=O) groups is 1. The number of aromatic nitrogens is 2. The van der Waals surface area contributed by atoms with Gasteiger partial charge in [-0.05, 0) is 25.0 Å². The lowest BCUT2D eigenvalue weighted by molar-refractivity contribution is -0.139. The number of hydrogen-bond donors (Lipinski definition) is 1. The molecule has 0 radical (unpaired) electrons. The molecule has 1 aliphatic rings. The van der Waals surface area contributed by atoms with E-state index < -0.39 is 11.6 Å². The highest BCUT2D eigenvalue weighted by Gasteiger charge is 2.24. The minimum atomic E-state index is -0.660. The summed E-state index contributed by atoms with van der Waals surface area (Å²) in [6.07, 6.45) is 5.63. The Morgan fingerprint density at radius 2 is 2.11 bits per heavy atom. The average molecular weight is 405 g/mol. The van der Waals surface area contributed by atoms with Crippen molar-refractivity contribution in [3.8, 4) is 11.3 Å². The van der Waals surface area contributed by atoms with Crippen LogP contribution in [0.3, 0.4) is 0 Å². The molecule has 0 aliphatic heterocycles. The number of imidazole rings is 1. The summed E-state index contributed by atoms with van der Waals surface area (Å²) in [5, 5.41) is 5.38. The number of thiazole rings is 1. The predicted molar refractivity (Wildman–Crippen MR) is 105 cm³/mol. The number of fused-ring (bicyclic) bond motifs is 1. The van der Waals surface area contributed by atoms with Gasteiger partial charge in [0.15, 0.2) is 4.96 Å². The molecule has 2 heterocycles. The number of halogens is 2. The molecule has 1 fully saturated rings. The standard InChI is InChI=1S/C20H21F2N3O2S/c1-27-17(26)10-14-11-28-20-24-18(15-8-7-12(21)9-16(15)22)19(25(14)20)23-13-5-3-2-4-6-13/h7-9,11,13,23H,2-6,10H2,1H3. The van der Waals surface area contributed by atoms with E-state index in [2.05, 4.69) is 10.3 Å². The summed E-state index contributed by atoms with van der Waals surface area (Å²) in [5.41, 5.74) is 1.40. The van der Waals surface area contributed by atoms with Gasteiger partial charge in [0.05, 0.1) is 13.5 Å². The Bertz CT molecular complexity index is 1010. The smallest absolute Gasteiger partial charge is 0.311 e. The molecule has 0 unspecified atom stereocenters. The Balaban J connectivity index is 1.83. The monoisotopic (exact) mass is 405 g/mol.